The molecule has 0 atom stereocenters. The summed E-state index contributed by atoms with van der Waals surface area (Å²) < 4.78 is 27.1. The number of rotatable bonds is 5. The van der Waals surface area contributed by atoms with Crippen molar-refractivity contribution in [1.82, 2.24) is 0 Å². The van der Waals surface area contributed by atoms with Gasteiger partial charge >= 0.3 is 0 Å². The van der Waals surface area contributed by atoms with Crippen LogP contribution in [-0.4, -0.2) is 20.8 Å². The van der Waals surface area contributed by atoms with Crippen LogP contribution in [-0.2, 0) is 10.0 Å². The van der Waals surface area contributed by atoms with E-state index >= 15 is 0 Å². The van der Waals surface area contributed by atoms with Gasteiger partial charge in [-0.1, -0.05) is 17.7 Å². The summed E-state index contributed by atoms with van der Waals surface area (Å²) in [6.45, 7) is 6.36. The fourth-order valence-corrected chi connectivity index (χ4v) is 2.35. The molecule has 5 heteroatoms. The fraction of sp³-hybridized carbons (Fsp3) is 0.500. The molecule has 1 aromatic rings. The van der Waals surface area contributed by atoms with Gasteiger partial charge in [0.2, 0.25) is 10.0 Å². The molecular weight excluding hydrogens is 238 g/mol. The highest BCUT2D eigenvalue weighted by Crippen LogP contribution is 2.24. The third kappa shape index (κ3) is 4.75. The normalized spacial score (nSPS) is 11.5. The van der Waals surface area contributed by atoms with Crippen molar-refractivity contribution in [3.05, 3.63) is 28.8 Å². The Hall–Kier alpha value is -1.07. The summed E-state index contributed by atoms with van der Waals surface area (Å²) >= 11 is 0. The Morgan fingerprint density at radius 2 is 1.71 bits per heavy atom. The van der Waals surface area contributed by atoms with E-state index in [0.29, 0.717) is 13.0 Å². The van der Waals surface area contributed by atoms with Crippen LogP contribution in [0.3, 0.4) is 0 Å². The number of benzene rings is 1. The monoisotopic (exact) mass is 257 g/mol. The Labute approximate surface area is 103 Å². The maximum absolute atomic E-state index is 10.7. The summed E-state index contributed by atoms with van der Waals surface area (Å²) in [7, 11) is -3.39. The van der Waals surface area contributed by atoms with Crippen LogP contribution in [0.25, 0.3) is 0 Å². The lowest BCUT2D eigenvalue weighted by Gasteiger charge is -2.12. The minimum atomic E-state index is -3.39. The SMILES string of the molecule is Cc1cc(C)c(OCCCS(N)(=O)=O)c(C)c1. The summed E-state index contributed by atoms with van der Waals surface area (Å²) in [6.07, 6.45) is 0.408. The van der Waals surface area contributed by atoms with E-state index < -0.39 is 10.0 Å². The number of nitrogens with two attached hydrogens (primary N) is 1. The zero-order valence-corrected chi connectivity index (χ0v) is 11.3. The average molecular weight is 257 g/mol. The van der Waals surface area contributed by atoms with Crippen LogP contribution in [0.15, 0.2) is 12.1 Å². The topological polar surface area (TPSA) is 69.4 Å². The highest BCUT2D eigenvalue weighted by Gasteiger charge is 2.06. The molecule has 0 saturated heterocycles. The molecule has 96 valence electrons. The van der Waals surface area contributed by atoms with Crippen molar-refractivity contribution in [3.8, 4) is 5.75 Å². The second-order valence-corrected chi connectivity index (χ2v) is 6.03. The Balaban J connectivity index is 2.58. The average Bonchev–Trinajstić information content (AvgIpc) is 2.13. The summed E-state index contributed by atoms with van der Waals surface area (Å²) in [6, 6.07) is 4.09. The van der Waals surface area contributed by atoms with Crippen LogP contribution in [0.5, 0.6) is 5.75 Å². The standard InChI is InChI=1S/C12H19NO3S/c1-9-7-10(2)12(11(3)8-9)16-5-4-6-17(13,14)15/h7-8H,4-6H2,1-3H3,(H2,13,14,15). The van der Waals surface area contributed by atoms with E-state index in [1.165, 1.54) is 5.56 Å². The number of primary sulfonamides is 1. The van der Waals surface area contributed by atoms with Crippen molar-refractivity contribution in [1.29, 1.82) is 0 Å². The molecular formula is C12H19NO3S. The maximum Gasteiger partial charge on any atom is 0.209 e. The summed E-state index contributed by atoms with van der Waals surface area (Å²) in [4.78, 5) is 0. The zero-order chi connectivity index (χ0) is 13.1. The second kappa shape index (κ2) is 5.51. The first-order valence-electron chi connectivity index (χ1n) is 5.51. The molecule has 0 heterocycles. The van der Waals surface area contributed by atoms with Gasteiger partial charge in [-0.15, -0.1) is 0 Å². The Morgan fingerprint density at radius 3 is 2.18 bits per heavy atom. The number of hydrogen-bond donors (Lipinski definition) is 1. The number of hydrogen-bond acceptors (Lipinski definition) is 3. The van der Waals surface area contributed by atoms with E-state index in [2.05, 4.69) is 0 Å². The fourth-order valence-electron chi connectivity index (χ4n) is 1.83. The molecule has 0 bridgehead atoms. The van der Waals surface area contributed by atoms with Gasteiger partial charge in [0.05, 0.1) is 12.4 Å². The summed E-state index contributed by atoms with van der Waals surface area (Å²) in [5.74, 6) is 0.793. The quantitative estimate of drug-likeness (QED) is 0.816. The van der Waals surface area contributed by atoms with Crippen molar-refractivity contribution in [2.75, 3.05) is 12.4 Å². The van der Waals surface area contributed by atoms with Crippen LogP contribution in [0.2, 0.25) is 0 Å². The van der Waals surface area contributed by atoms with Gasteiger partial charge in [0.1, 0.15) is 5.75 Å². The van der Waals surface area contributed by atoms with Gasteiger partial charge in [-0.25, -0.2) is 13.6 Å². The molecule has 0 aliphatic carbocycles. The molecule has 1 rings (SSSR count). The molecule has 1 aromatic carbocycles. The van der Waals surface area contributed by atoms with Gasteiger partial charge in [-0.2, -0.15) is 0 Å². The lowest BCUT2D eigenvalue weighted by molar-refractivity contribution is 0.313. The van der Waals surface area contributed by atoms with E-state index in [9.17, 15) is 8.42 Å². The van der Waals surface area contributed by atoms with Gasteiger partial charge in [0.15, 0.2) is 0 Å². The lowest BCUT2D eigenvalue weighted by atomic mass is 10.1. The number of aryl methyl sites for hydroxylation is 3. The van der Waals surface area contributed by atoms with E-state index in [0.717, 1.165) is 16.9 Å². The molecule has 0 saturated carbocycles. The lowest BCUT2D eigenvalue weighted by Crippen LogP contribution is -2.18. The molecule has 0 unspecified atom stereocenters. The maximum atomic E-state index is 10.7. The van der Waals surface area contributed by atoms with Crippen molar-refractivity contribution in [2.45, 2.75) is 27.2 Å². The summed E-state index contributed by atoms with van der Waals surface area (Å²) in [5, 5.41) is 4.91. The van der Waals surface area contributed by atoms with Crippen LogP contribution >= 0.6 is 0 Å². The molecule has 0 spiro atoms. The van der Waals surface area contributed by atoms with Gasteiger partial charge in [0.25, 0.3) is 0 Å². The third-order valence-corrected chi connectivity index (χ3v) is 3.28. The molecule has 0 aliphatic heterocycles. The van der Waals surface area contributed by atoms with Gasteiger partial charge in [0, 0.05) is 0 Å². The summed E-state index contributed by atoms with van der Waals surface area (Å²) in [5.41, 5.74) is 3.33. The molecule has 2 N–H and O–H groups in total. The third-order valence-electron chi connectivity index (χ3n) is 2.42. The highest BCUT2D eigenvalue weighted by molar-refractivity contribution is 7.89. The molecule has 0 amide bonds. The molecule has 0 aliphatic rings. The number of ether oxygens (including phenoxy) is 1. The van der Waals surface area contributed by atoms with E-state index in [4.69, 9.17) is 9.88 Å². The van der Waals surface area contributed by atoms with Crippen molar-refractivity contribution in [3.63, 3.8) is 0 Å². The number of sulfonamides is 1. The Morgan fingerprint density at radius 1 is 1.18 bits per heavy atom. The Kier molecular flexibility index (Phi) is 4.54. The van der Waals surface area contributed by atoms with E-state index in [1.807, 2.05) is 32.9 Å². The van der Waals surface area contributed by atoms with E-state index in [1.54, 1.807) is 0 Å². The van der Waals surface area contributed by atoms with Crippen molar-refractivity contribution >= 4 is 10.0 Å². The van der Waals surface area contributed by atoms with Gasteiger partial charge in [-0.3, -0.25) is 0 Å². The van der Waals surface area contributed by atoms with Crippen LogP contribution < -0.4 is 9.88 Å². The molecule has 0 radical (unpaired) electrons. The molecule has 4 nitrogen and oxygen atoms in total. The predicted molar refractivity (Wildman–Crippen MR) is 68.7 cm³/mol. The highest BCUT2D eigenvalue weighted by atomic mass is 32.2. The van der Waals surface area contributed by atoms with Crippen molar-refractivity contribution < 1.29 is 13.2 Å². The van der Waals surface area contributed by atoms with E-state index in [-0.39, 0.29) is 5.75 Å². The smallest absolute Gasteiger partial charge is 0.209 e. The first kappa shape index (κ1) is 14.0. The predicted octanol–water partition coefficient (Wildman–Crippen LogP) is 1.67. The molecule has 0 fully saturated rings. The van der Waals surface area contributed by atoms with Gasteiger partial charge < -0.3 is 4.74 Å². The van der Waals surface area contributed by atoms with Crippen LogP contribution in [0.1, 0.15) is 23.1 Å². The second-order valence-electron chi connectivity index (χ2n) is 4.30. The molecule has 17 heavy (non-hydrogen) atoms. The first-order chi connectivity index (χ1) is 7.79. The first-order valence-corrected chi connectivity index (χ1v) is 7.22. The minimum absolute atomic E-state index is 0.0447. The molecule has 0 aromatic heterocycles. The van der Waals surface area contributed by atoms with Crippen LogP contribution in [0.4, 0.5) is 0 Å². The Bertz CT molecular complexity index is 471. The zero-order valence-electron chi connectivity index (χ0n) is 10.5. The van der Waals surface area contributed by atoms with Crippen LogP contribution in [0, 0.1) is 20.8 Å². The van der Waals surface area contributed by atoms with Crippen molar-refractivity contribution in [2.24, 2.45) is 5.14 Å². The largest absolute Gasteiger partial charge is 0.493 e. The minimum Gasteiger partial charge on any atom is -0.493 e. The van der Waals surface area contributed by atoms with Gasteiger partial charge in [-0.05, 0) is 38.3 Å².